The third-order valence-electron chi connectivity index (χ3n) is 3.93. The average Bonchev–Trinajstić information content (AvgIpc) is 3.16. The number of rotatable bonds is 2. The Balaban J connectivity index is 1.59. The minimum absolute atomic E-state index is 0.156. The fraction of sp³-hybridized carbons (Fsp3) is 0.400. The van der Waals surface area contributed by atoms with Crippen LogP contribution in [0.2, 0.25) is 0 Å². The summed E-state index contributed by atoms with van der Waals surface area (Å²) in [4.78, 5) is 21.1. The number of hydrogen-bond acceptors (Lipinski definition) is 5. The Bertz CT molecular complexity index is 848. The summed E-state index contributed by atoms with van der Waals surface area (Å²) in [5.41, 5.74) is 1.88. The molecule has 2 heterocycles. The second-order valence-corrected chi connectivity index (χ2v) is 7.83. The number of aromatic nitrogens is 2. The van der Waals surface area contributed by atoms with Crippen LogP contribution >= 0.6 is 22.7 Å². The summed E-state index contributed by atoms with van der Waals surface area (Å²) in [7, 11) is 0. The summed E-state index contributed by atoms with van der Waals surface area (Å²) >= 11 is 3.17. The molecule has 1 saturated carbocycles. The number of benzene rings is 1. The molecular formula is C15H16N4OS2. The van der Waals surface area contributed by atoms with Crippen LogP contribution in [0.25, 0.3) is 20.4 Å². The predicted octanol–water partition coefficient (Wildman–Crippen LogP) is 4.28. The van der Waals surface area contributed by atoms with Gasteiger partial charge in [0.2, 0.25) is 0 Å². The standard InChI is InChI=1S/C15H16N4OS2/c1-8-16-12-11(21-8)7-6-10-13(12)22-15(18-10)19-14(20)17-9-4-2-3-5-9/h6-7,9H,2-5H2,1H3,(H2,17,18,19,20). The van der Waals surface area contributed by atoms with Gasteiger partial charge in [0.15, 0.2) is 5.13 Å². The lowest BCUT2D eigenvalue weighted by atomic mass is 10.3. The van der Waals surface area contributed by atoms with Crippen molar-refractivity contribution in [3.05, 3.63) is 17.1 Å². The van der Waals surface area contributed by atoms with Crippen LogP contribution in [0, 0.1) is 6.92 Å². The maximum atomic E-state index is 12.0. The molecule has 2 N–H and O–H groups in total. The molecule has 1 aliphatic carbocycles. The second kappa shape index (κ2) is 5.48. The monoisotopic (exact) mass is 332 g/mol. The van der Waals surface area contributed by atoms with Crippen molar-refractivity contribution in [3.63, 3.8) is 0 Å². The third-order valence-corrected chi connectivity index (χ3v) is 5.86. The van der Waals surface area contributed by atoms with Gasteiger partial charge in [0.1, 0.15) is 5.52 Å². The van der Waals surface area contributed by atoms with Crippen molar-refractivity contribution in [3.8, 4) is 0 Å². The van der Waals surface area contributed by atoms with Crippen LogP contribution in [0.1, 0.15) is 30.7 Å². The molecule has 5 nitrogen and oxygen atoms in total. The van der Waals surface area contributed by atoms with Crippen LogP contribution in [0.3, 0.4) is 0 Å². The number of amides is 2. The van der Waals surface area contributed by atoms with Gasteiger partial charge < -0.3 is 5.32 Å². The van der Waals surface area contributed by atoms with Gasteiger partial charge in [0.05, 0.1) is 19.9 Å². The van der Waals surface area contributed by atoms with E-state index in [1.165, 1.54) is 24.2 Å². The average molecular weight is 332 g/mol. The molecule has 4 rings (SSSR count). The first-order valence-corrected chi connectivity index (χ1v) is 9.06. The van der Waals surface area contributed by atoms with Crippen LogP contribution in [0.4, 0.5) is 9.93 Å². The summed E-state index contributed by atoms with van der Waals surface area (Å²) in [6.45, 7) is 2.01. The maximum absolute atomic E-state index is 12.0. The number of anilines is 1. The van der Waals surface area contributed by atoms with E-state index in [4.69, 9.17) is 0 Å². The molecule has 0 spiro atoms. The van der Waals surface area contributed by atoms with Crippen LogP contribution in [-0.2, 0) is 0 Å². The van der Waals surface area contributed by atoms with Gasteiger partial charge in [-0.1, -0.05) is 24.2 Å². The Hall–Kier alpha value is -1.73. The normalized spacial score (nSPS) is 15.7. The van der Waals surface area contributed by atoms with E-state index in [0.29, 0.717) is 11.2 Å². The van der Waals surface area contributed by atoms with E-state index >= 15 is 0 Å². The molecule has 0 radical (unpaired) electrons. The predicted molar refractivity (Wildman–Crippen MR) is 91.9 cm³/mol. The minimum Gasteiger partial charge on any atom is -0.335 e. The van der Waals surface area contributed by atoms with Gasteiger partial charge in [-0.25, -0.2) is 14.8 Å². The van der Waals surface area contributed by atoms with Crippen molar-refractivity contribution < 1.29 is 4.79 Å². The zero-order valence-electron chi connectivity index (χ0n) is 12.2. The van der Waals surface area contributed by atoms with Gasteiger partial charge in [-0.05, 0) is 31.9 Å². The Morgan fingerprint density at radius 2 is 2.05 bits per heavy atom. The summed E-state index contributed by atoms with van der Waals surface area (Å²) in [6, 6.07) is 4.19. The van der Waals surface area contributed by atoms with Gasteiger partial charge in [0.25, 0.3) is 0 Å². The van der Waals surface area contributed by atoms with E-state index in [0.717, 1.165) is 38.3 Å². The van der Waals surface area contributed by atoms with Crippen LogP contribution in [0.15, 0.2) is 12.1 Å². The summed E-state index contributed by atoms with van der Waals surface area (Å²) in [5, 5.41) is 7.55. The topological polar surface area (TPSA) is 66.9 Å². The molecule has 0 saturated heterocycles. The number of hydrogen-bond donors (Lipinski definition) is 2. The lowest BCUT2D eigenvalue weighted by Gasteiger charge is -2.11. The van der Waals surface area contributed by atoms with Gasteiger partial charge in [-0.2, -0.15) is 0 Å². The second-order valence-electron chi connectivity index (χ2n) is 5.59. The summed E-state index contributed by atoms with van der Waals surface area (Å²) in [5.74, 6) is 0. The number of urea groups is 1. The van der Waals surface area contributed by atoms with Crippen molar-refractivity contribution in [1.82, 2.24) is 15.3 Å². The van der Waals surface area contributed by atoms with Gasteiger partial charge in [-0.15, -0.1) is 11.3 Å². The third kappa shape index (κ3) is 2.55. The van der Waals surface area contributed by atoms with Crippen molar-refractivity contribution in [1.29, 1.82) is 0 Å². The Morgan fingerprint density at radius 1 is 1.23 bits per heavy atom. The highest BCUT2D eigenvalue weighted by Crippen LogP contribution is 2.34. The van der Waals surface area contributed by atoms with E-state index in [-0.39, 0.29) is 6.03 Å². The number of nitrogens with zero attached hydrogens (tertiary/aromatic N) is 2. The van der Waals surface area contributed by atoms with Crippen molar-refractivity contribution in [2.75, 3.05) is 5.32 Å². The number of thiazole rings is 2. The molecule has 2 aromatic heterocycles. The van der Waals surface area contributed by atoms with E-state index in [1.807, 2.05) is 19.1 Å². The fourth-order valence-electron chi connectivity index (χ4n) is 2.93. The van der Waals surface area contributed by atoms with Crippen molar-refractivity contribution in [2.24, 2.45) is 0 Å². The molecule has 2 amide bonds. The van der Waals surface area contributed by atoms with Gasteiger partial charge in [0, 0.05) is 6.04 Å². The molecule has 0 bridgehead atoms. The Labute approximate surface area is 135 Å². The molecule has 1 aliphatic rings. The Morgan fingerprint density at radius 3 is 2.86 bits per heavy atom. The number of carbonyl (C=O) groups excluding carboxylic acids is 1. The maximum Gasteiger partial charge on any atom is 0.321 e. The molecule has 3 aromatic rings. The van der Waals surface area contributed by atoms with Crippen molar-refractivity contribution >= 4 is 54.3 Å². The van der Waals surface area contributed by atoms with Gasteiger partial charge >= 0.3 is 6.03 Å². The molecule has 7 heteroatoms. The smallest absolute Gasteiger partial charge is 0.321 e. The molecular weight excluding hydrogens is 316 g/mol. The molecule has 0 atom stereocenters. The van der Waals surface area contributed by atoms with Gasteiger partial charge in [-0.3, -0.25) is 5.32 Å². The SMILES string of the molecule is Cc1nc2c(ccc3nc(NC(=O)NC4CCCC4)sc32)s1. The molecule has 0 unspecified atom stereocenters. The van der Waals surface area contributed by atoms with Crippen molar-refractivity contribution in [2.45, 2.75) is 38.6 Å². The fourth-order valence-corrected chi connectivity index (χ4v) is 4.78. The number of carbonyl (C=O) groups is 1. The highest BCUT2D eigenvalue weighted by Gasteiger charge is 2.18. The minimum atomic E-state index is -0.156. The highest BCUT2D eigenvalue weighted by atomic mass is 32.1. The highest BCUT2D eigenvalue weighted by molar-refractivity contribution is 7.24. The largest absolute Gasteiger partial charge is 0.335 e. The lowest BCUT2D eigenvalue weighted by Crippen LogP contribution is -2.36. The lowest BCUT2D eigenvalue weighted by molar-refractivity contribution is 0.248. The summed E-state index contributed by atoms with van der Waals surface area (Å²) in [6.07, 6.45) is 4.55. The first-order valence-electron chi connectivity index (χ1n) is 7.43. The molecule has 1 fully saturated rings. The number of fused-ring (bicyclic) bond motifs is 3. The quantitative estimate of drug-likeness (QED) is 0.736. The molecule has 22 heavy (non-hydrogen) atoms. The van der Waals surface area contributed by atoms with Crippen LogP contribution in [-0.4, -0.2) is 22.0 Å². The molecule has 1 aromatic carbocycles. The first-order chi connectivity index (χ1) is 10.7. The molecule has 0 aliphatic heterocycles. The zero-order chi connectivity index (χ0) is 15.1. The van der Waals surface area contributed by atoms with E-state index < -0.39 is 0 Å². The van der Waals surface area contributed by atoms with Crippen LogP contribution in [0.5, 0.6) is 0 Å². The summed E-state index contributed by atoms with van der Waals surface area (Å²) < 4.78 is 2.20. The van der Waals surface area contributed by atoms with E-state index in [1.54, 1.807) is 11.3 Å². The zero-order valence-corrected chi connectivity index (χ0v) is 13.8. The Kier molecular flexibility index (Phi) is 3.46. The first kappa shape index (κ1) is 13.9. The van der Waals surface area contributed by atoms with Crippen LogP contribution < -0.4 is 10.6 Å². The van der Waals surface area contributed by atoms with E-state index in [9.17, 15) is 4.79 Å². The number of aryl methyl sites for hydroxylation is 1. The molecule has 114 valence electrons. The van der Waals surface area contributed by atoms with E-state index in [2.05, 4.69) is 20.6 Å². The number of nitrogens with one attached hydrogen (secondary N) is 2.